The van der Waals surface area contributed by atoms with Crippen LogP contribution in [0.3, 0.4) is 0 Å². The molecule has 1 aromatic carbocycles. The van der Waals surface area contributed by atoms with Gasteiger partial charge in [-0.1, -0.05) is 0 Å². The summed E-state index contributed by atoms with van der Waals surface area (Å²) in [6, 6.07) is 5.50. The molecule has 0 radical (unpaired) electrons. The second-order valence-electron chi connectivity index (χ2n) is 6.75. The number of hydrogen-bond donors (Lipinski definition) is 2. The molecule has 1 fully saturated rings. The molecule has 1 aliphatic rings. The maximum Gasteiger partial charge on any atom is 0.230 e. The van der Waals surface area contributed by atoms with Crippen LogP contribution < -0.4 is 9.47 Å². The minimum absolute atomic E-state index is 0.191. The van der Waals surface area contributed by atoms with E-state index in [-0.39, 0.29) is 6.61 Å². The first-order valence-electron chi connectivity index (χ1n) is 8.72. The van der Waals surface area contributed by atoms with Gasteiger partial charge in [0.15, 0.2) is 0 Å². The fourth-order valence-corrected chi connectivity index (χ4v) is 3.17. The molecule has 142 valence electrons. The van der Waals surface area contributed by atoms with Gasteiger partial charge in [-0.05, 0) is 38.0 Å². The molecule has 7 nitrogen and oxygen atoms in total. The van der Waals surface area contributed by atoms with Gasteiger partial charge in [0.1, 0.15) is 17.3 Å². The maximum atomic E-state index is 10.1. The van der Waals surface area contributed by atoms with Crippen LogP contribution in [0.5, 0.6) is 11.5 Å². The van der Waals surface area contributed by atoms with Crippen LogP contribution in [0.2, 0.25) is 0 Å². The van der Waals surface area contributed by atoms with Crippen molar-refractivity contribution < 1.29 is 24.1 Å². The Morgan fingerprint density at radius 1 is 1.23 bits per heavy atom. The number of ether oxygens (including phenoxy) is 2. The summed E-state index contributed by atoms with van der Waals surface area (Å²) in [5, 5.41) is 19.4. The number of aryl methyl sites for hydroxylation is 1. The third-order valence-corrected chi connectivity index (χ3v) is 4.98. The second-order valence-corrected chi connectivity index (χ2v) is 6.75. The van der Waals surface area contributed by atoms with Crippen LogP contribution >= 0.6 is 0 Å². The molecule has 2 aromatic rings. The minimum Gasteiger partial charge on any atom is -0.497 e. The summed E-state index contributed by atoms with van der Waals surface area (Å²) in [4.78, 5) is 6.87. The smallest absolute Gasteiger partial charge is 0.230 e. The van der Waals surface area contributed by atoms with Gasteiger partial charge in [-0.3, -0.25) is 4.90 Å². The zero-order chi connectivity index (χ0) is 18.7. The van der Waals surface area contributed by atoms with Gasteiger partial charge in [-0.25, -0.2) is 4.98 Å². The number of piperidine rings is 1. The predicted octanol–water partition coefficient (Wildman–Crippen LogP) is 1.99. The van der Waals surface area contributed by atoms with E-state index < -0.39 is 5.60 Å². The average Bonchev–Trinajstić information content (AvgIpc) is 3.03. The van der Waals surface area contributed by atoms with Crippen LogP contribution in [0.4, 0.5) is 0 Å². The standard InChI is InChI=1S/C19H26N2O5/c1-13-16(11-21-8-6-19(23,12-22)7-9-21)20-18(26-13)15-10-14(24-2)4-5-17(15)25-3/h4-5,10,22-23H,6-9,11-12H2,1-3H3. The fourth-order valence-electron chi connectivity index (χ4n) is 3.17. The van der Waals surface area contributed by atoms with Crippen LogP contribution in [-0.4, -0.2) is 59.6 Å². The normalized spacial score (nSPS) is 17.3. The summed E-state index contributed by atoms with van der Waals surface area (Å²) in [5.74, 6) is 2.63. The van der Waals surface area contributed by atoms with Crippen molar-refractivity contribution in [2.45, 2.75) is 31.9 Å². The number of hydrogen-bond acceptors (Lipinski definition) is 7. The highest BCUT2D eigenvalue weighted by Gasteiger charge is 2.32. The fraction of sp³-hybridized carbons (Fsp3) is 0.526. The van der Waals surface area contributed by atoms with E-state index in [9.17, 15) is 10.2 Å². The van der Waals surface area contributed by atoms with Gasteiger partial charge in [0.05, 0.1) is 37.7 Å². The Labute approximate surface area is 153 Å². The lowest BCUT2D eigenvalue weighted by Crippen LogP contribution is -2.46. The topological polar surface area (TPSA) is 88.2 Å². The van der Waals surface area contributed by atoms with Crippen LogP contribution in [-0.2, 0) is 6.54 Å². The second kappa shape index (κ2) is 7.65. The highest BCUT2D eigenvalue weighted by atomic mass is 16.5. The SMILES string of the molecule is COc1ccc(OC)c(-c2nc(CN3CCC(O)(CO)CC3)c(C)o2)c1. The van der Waals surface area contributed by atoms with E-state index in [1.165, 1.54) is 0 Å². The first kappa shape index (κ1) is 18.7. The quantitative estimate of drug-likeness (QED) is 0.812. The molecule has 0 bridgehead atoms. The zero-order valence-electron chi connectivity index (χ0n) is 15.5. The van der Waals surface area contributed by atoms with E-state index in [1.807, 2.05) is 25.1 Å². The third kappa shape index (κ3) is 3.85. The van der Waals surface area contributed by atoms with Crippen molar-refractivity contribution in [1.82, 2.24) is 9.88 Å². The number of rotatable bonds is 6. The first-order valence-corrected chi connectivity index (χ1v) is 8.72. The molecule has 0 amide bonds. The van der Waals surface area contributed by atoms with Crippen LogP contribution in [0.1, 0.15) is 24.3 Å². The summed E-state index contributed by atoms with van der Waals surface area (Å²) >= 11 is 0. The monoisotopic (exact) mass is 362 g/mol. The number of benzene rings is 1. The Bertz CT molecular complexity index is 750. The van der Waals surface area contributed by atoms with Gasteiger partial charge in [-0.2, -0.15) is 0 Å². The lowest BCUT2D eigenvalue weighted by atomic mass is 9.92. The molecule has 7 heteroatoms. The number of nitrogens with zero attached hydrogens (tertiary/aromatic N) is 2. The van der Waals surface area contributed by atoms with E-state index in [1.54, 1.807) is 14.2 Å². The molecule has 3 rings (SSSR count). The Balaban J connectivity index is 1.78. The molecule has 1 saturated heterocycles. The Morgan fingerprint density at radius 3 is 2.58 bits per heavy atom. The van der Waals surface area contributed by atoms with Crippen molar-refractivity contribution in [3.8, 4) is 23.0 Å². The van der Waals surface area contributed by atoms with Crippen LogP contribution in [0.25, 0.3) is 11.5 Å². The van der Waals surface area contributed by atoms with E-state index >= 15 is 0 Å². The van der Waals surface area contributed by atoms with Gasteiger partial charge < -0.3 is 24.1 Å². The molecule has 0 unspecified atom stereocenters. The highest BCUT2D eigenvalue weighted by molar-refractivity contribution is 5.65. The molecule has 2 N–H and O–H groups in total. The van der Waals surface area contributed by atoms with Gasteiger partial charge in [0, 0.05) is 19.6 Å². The van der Waals surface area contributed by atoms with Gasteiger partial charge in [0.2, 0.25) is 5.89 Å². The summed E-state index contributed by atoms with van der Waals surface area (Å²) in [5.41, 5.74) is 0.655. The molecule has 0 aliphatic carbocycles. The molecule has 2 heterocycles. The Hall–Kier alpha value is -2.09. The van der Waals surface area contributed by atoms with Gasteiger partial charge in [-0.15, -0.1) is 0 Å². The molecule has 1 aliphatic heterocycles. The number of aliphatic hydroxyl groups excluding tert-OH is 1. The lowest BCUT2D eigenvalue weighted by Gasteiger charge is -2.36. The summed E-state index contributed by atoms with van der Waals surface area (Å²) in [7, 11) is 3.22. The van der Waals surface area contributed by atoms with E-state index in [0.717, 1.165) is 17.0 Å². The molecular formula is C19H26N2O5. The van der Waals surface area contributed by atoms with Crippen LogP contribution in [0.15, 0.2) is 22.6 Å². The molecule has 0 saturated carbocycles. The van der Waals surface area contributed by atoms with Crippen molar-refractivity contribution >= 4 is 0 Å². The molecule has 26 heavy (non-hydrogen) atoms. The van der Waals surface area contributed by atoms with Gasteiger partial charge >= 0.3 is 0 Å². The van der Waals surface area contributed by atoms with Crippen molar-refractivity contribution in [2.24, 2.45) is 0 Å². The van der Waals surface area contributed by atoms with E-state index in [4.69, 9.17) is 13.9 Å². The van der Waals surface area contributed by atoms with Crippen molar-refractivity contribution in [3.05, 3.63) is 29.7 Å². The minimum atomic E-state index is -0.950. The summed E-state index contributed by atoms with van der Waals surface area (Å²) in [6.45, 7) is 3.77. The predicted molar refractivity (Wildman–Crippen MR) is 96.3 cm³/mol. The highest BCUT2D eigenvalue weighted by Crippen LogP contribution is 2.34. The third-order valence-electron chi connectivity index (χ3n) is 4.98. The van der Waals surface area contributed by atoms with Crippen molar-refractivity contribution in [2.75, 3.05) is 33.9 Å². The largest absolute Gasteiger partial charge is 0.497 e. The van der Waals surface area contributed by atoms with Gasteiger partial charge in [0.25, 0.3) is 0 Å². The number of aliphatic hydroxyl groups is 2. The number of methoxy groups -OCH3 is 2. The summed E-state index contributed by atoms with van der Waals surface area (Å²) in [6.07, 6.45) is 1.11. The number of aromatic nitrogens is 1. The lowest BCUT2D eigenvalue weighted by molar-refractivity contribution is -0.0608. The molecule has 0 atom stereocenters. The van der Waals surface area contributed by atoms with Crippen molar-refractivity contribution in [3.63, 3.8) is 0 Å². The molecular weight excluding hydrogens is 336 g/mol. The maximum absolute atomic E-state index is 10.1. The van der Waals surface area contributed by atoms with E-state index in [0.29, 0.717) is 49.9 Å². The zero-order valence-corrected chi connectivity index (χ0v) is 15.5. The van der Waals surface area contributed by atoms with Crippen molar-refractivity contribution in [1.29, 1.82) is 0 Å². The van der Waals surface area contributed by atoms with E-state index in [2.05, 4.69) is 9.88 Å². The molecule has 0 spiro atoms. The average molecular weight is 362 g/mol. The number of likely N-dealkylation sites (tertiary alicyclic amines) is 1. The Kier molecular flexibility index (Phi) is 5.50. The Morgan fingerprint density at radius 2 is 1.96 bits per heavy atom. The number of oxazole rings is 1. The van der Waals surface area contributed by atoms with Crippen LogP contribution in [0, 0.1) is 6.92 Å². The first-order chi connectivity index (χ1) is 12.5. The molecule has 1 aromatic heterocycles. The summed E-state index contributed by atoms with van der Waals surface area (Å²) < 4.78 is 16.6.